The molecule has 1 heterocycles. The third kappa shape index (κ3) is 1.39. The number of aliphatic imine (C=N–C) groups is 1. The molecule has 54 valence electrons. The zero-order valence-electron chi connectivity index (χ0n) is 4.74. The molecule has 1 aliphatic rings. The van der Waals surface area contributed by atoms with Crippen molar-refractivity contribution in [1.29, 1.82) is 0 Å². The van der Waals surface area contributed by atoms with E-state index in [2.05, 4.69) is 4.99 Å². The summed E-state index contributed by atoms with van der Waals surface area (Å²) in [5, 5.41) is 1.92. The Labute approximate surface area is 54.8 Å². The zero-order chi connectivity index (χ0) is 7.61. The van der Waals surface area contributed by atoms with Crippen molar-refractivity contribution >= 4 is 6.34 Å². The lowest BCUT2D eigenvalue weighted by Gasteiger charge is -2.08. The monoisotopic (exact) mass is 148 g/mol. The van der Waals surface area contributed by atoms with Gasteiger partial charge >= 0.3 is 6.18 Å². The largest absolute Gasteiger partial charge is 0.438 e. The molecule has 2 nitrogen and oxygen atoms in total. The molecule has 10 heavy (non-hydrogen) atoms. The van der Waals surface area contributed by atoms with Gasteiger partial charge in [-0.1, -0.05) is 5.73 Å². The van der Waals surface area contributed by atoms with Crippen LogP contribution in [0.3, 0.4) is 0 Å². The van der Waals surface area contributed by atoms with E-state index in [1.165, 1.54) is 0 Å². The van der Waals surface area contributed by atoms with Crippen molar-refractivity contribution in [3.63, 3.8) is 0 Å². The molecule has 0 aliphatic carbocycles. The highest BCUT2D eigenvalue weighted by atomic mass is 19.4. The molecular weight excluding hydrogens is 145 g/mol. The first-order valence-electron chi connectivity index (χ1n) is 2.41. The normalized spacial score (nSPS) is 16.5. The molecule has 0 radical (unpaired) electrons. The molecule has 0 aromatic carbocycles. The number of alkyl halides is 3. The van der Waals surface area contributed by atoms with E-state index in [0.717, 1.165) is 12.5 Å². The predicted molar refractivity (Wildman–Crippen MR) is 29.3 cm³/mol. The Bertz CT molecular complexity index is 220. The number of halogens is 3. The van der Waals surface area contributed by atoms with Crippen LogP contribution in [0.25, 0.3) is 0 Å². The van der Waals surface area contributed by atoms with Gasteiger partial charge in [-0.2, -0.15) is 13.2 Å². The molecule has 0 saturated heterocycles. The summed E-state index contributed by atoms with van der Waals surface area (Å²) in [6, 6.07) is 0. The number of nitrogens with zero attached hydrogens (tertiary/aromatic N) is 1. The van der Waals surface area contributed by atoms with Gasteiger partial charge in [-0.3, -0.25) is 0 Å². The molecule has 0 bridgehead atoms. The standard InChI is InChI=1S/C5H3F3N2/c6-5(7,8)4-1-2-9-3-10-4/h2-3H,(H,9,10). The Balaban J connectivity index is 2.86. The van der Waals surface area contributed by atoms with E-state index in [1.807, 2.05) is 11.0 Å². The van der Waals surface area contributed by atoms with Crippen molar-refractivity contribution in [1.82, 2.24) is 5.32 Å². The van der Waals surface area contributed by atoms with Gasteiger partial charge < -0.3 is 5.32 Å². The van der Waals surface area contributed by atoms with Crippen LogP contribution >= 0.6 is 0 Å². The fourth-order valence-electron chi connectivity index (χ4n) is 0.446. The number of hydrogen-bond acceptors (Lipinski definition) is 2. The number of allylic oxidation sites excluding steroid dienone is 1. The summed E-state index contributed by atoms with van der Waals surface area (Å²) in [5.74, 6) is 0. The lowest BCUT2D eigenvalue weighted by Crippen LogP contribution is -2.25. The molecule has 1 N–H and O–H groups in total. The average molecular weight is 148 g/mol. The Morgan fingerprint density at radius 3 is 2.50 bits per heavy atom. The second-order valence-corrected chi connectivity index (χ2v) is 1.57. The second-order valence-electron chi connectivity index (χ2n) is 1.57. The molecule has 0 saturated carbocycles. The maximum absolute atomic E-state index is 11.7. The number of rotatable bonds is 0. The van der Waals surface area contributed by atoms with Crippen LogP contribution < -0.4 is 5.32 Å². The first-order valence-corrected chi connectivity index (χ1v) is 2.41. The minimum atomic E-state index is -4.36. The highest BCUT2D eigenvalue weighted by molar-refractivity contribution is 5.59. The Morgan fingerprint density at radius 2 is 2.20 bits per heavy atom. The van der Waals surface area contributed by atoms with Crippen LogP contribution in [0.5, 0.6) is 0 Å². The van der Waals surface area contributed by atoms with Crippen LogP contribution in [0.4, 0.5) is 13.2 Å². The fraction of sp³-hybridized carbons (Fsp3) is 0.200. The van der Waals surface area contributed by atoms with E-state index in [0.29, 0.717) is 0 Å². The lowest BCUT2D eigenvalue weighted by atomic mass is 10.4. The van der Waals surface area contributed by atoms with Crippen LogP contribution in [-0.2, 0) is 0 Å². The van der Waals surface area contributed by atoms with E-state index >= 15 is 0 Å². The van der Waals surface area contributed by atoms with Crippen molar-refractivity contribution in [2.75, 3.05) is 0 Å². The van der Waals surface area contributed by atoms with Crippen molar-refractivity contribution in [3.05, 3.63) is 17.6 Å². The van der Waals surface area contributed by atoms with Gasteiger partial charge in [-0.25, -0.2) is 4.99 Å². The summed E-state index contributed by atoms with van der Waals surface area (Å²) < 4.78 is 35.1. The van der Waals surface area contributed by atoms with Gasteiger partial charge in [0.15, 0.2) is 5.70 Å². The summed E-state index contributed by atoms with van der Waals surface area (Å²) in [6.45, 7) is 0. The molecular formula is C5H3F3N2. The van der Waals surface area contributed by atoms with Crippen LogP contribution in [0.15, 0.2) is 22.6 Å². The molecule has 0 unspecified atom stereocenters. The Hall–Kier alpha value is -1.22. The number of hydrogen-bond donors (Lipinski definition) is 1. The van der Waals surface area contributed by atoms with Gasteiger partial charge in [-0.15, -0.1) is 0 Å². The molecule has 0 fully saturated rings. The summed E-state index contributed by atoms with van der Waals surface area (Å²) in [5.41, 5.74) is 1.00. The third-order valence-corrected chi connectivity index (χ3v) is 0.850. The van der Waals surface area contributed by atoms with E-state index in [1.54, 1.807) is 0 Å². The SMILES string of the molecule is FC(F)(F)C1=C=CN=CN1. The number of nitrogens with one attached hydrogen (secondary N) is 1. The van der Waals surface area contributed by atoms with Crippen LogP contribution in [0.2, 0.25) is 0 Å². The van der Waals surface area contributed by atoms with Crippen molar-refractivity contribution in [2.45, 2.75) is 6.18 Å². The van der Waals surface area contributed by atoms with Gasteiger partial charge in [0.25, 0.3) is 0 Å². The van der Waals surface area contributed by atoms with Crippen LogP contribution in [0, 0.1) is 0 Å². The average Bonchev–Trinajstić information content (AvgIpc) is 1.88. The first-order chi connectivity index (χ1) is 4.61. The van der Waals surface area contributed by atoms with E-state index in [9.17, 15) is 13.2 Å². The molecule has 5 heteroatoms. The Kier molecular flexibility index (Phi) is 1.51. The van der Waals surface area contributed by atoms with Crippen molar-refractivity contribution in [2.24, 2.45) is 4.99 Å². The summed E-state index contributed by atoms with van der Waals surface area (Å²) >= 11 is 0. The van der Waals surface area contributed by atoms with Gasteiger partial charge in [0.05, 0.1) is 12.5 Å². The molecule has 0 atom stereocenters. The topological polar surface area (TPSA) is 24.4 Å². The third-order valence-electron chi connectivity index (χ3n) is 0.850. The first kappa shape index (κ1) is 6.89. The zero-order valence-corrected chi connectivity index (χ0v) is 4.74. The maximum Gasteiger partial charge on any atom is 0.438 e. The minimum absolute atomic E-state index is 0.914. The van der Waals surface area contributed by atoms with Crippen LogP contribution in [-0.4, -0.2) is 12.5 Å². The van der Waals surface area contributed by atoms with Crippen molar-refractivity contribution in [3.8, 4) is 0 Å². The Morgan fingerprint density at radius 1 is 1.50 bits per heavy atom. The minimum Gasteiger partial charge on any atom is -0.336 e. The van der Waals surface area contributed by atoms with Gasteiger partial charge in [0, 0.05) is 0 Å². The van der Waals surface area contributed by atoms with E-state index in [4.69, 9.17) is 0 Å². The fourth-order valence-corrected chi connectivity index (χ4v) is 0.446. The molecule has 0 aromatic rings. The summed E-state index contributed by atoms with van der Waals surface area (Å²) in [6.07, 6.45) is -2.44. The highest BCUT2D eigenvalue weighted by Crippen LogP contribution is 2.22. The quantitative estimate of drug-likeness (QED) is 0.512. The van der Waals surface area contributed by atoms with Gasteiger partial charge in [0.2, 0.25) is 0 Å². The summed E-state index contributed by atoms with van der Waals surface area (Å²) in [7, 11) is 0. The van der Waals surface area contributed by atoms with E-state index < -0.39 is 11.9 Å². The predicted octanol–water partition coefficient (Wildman–Crippen LogP) is 1.18. The maximum atomic E-state index is 11.7. The molecule has 0 aromatic heterocycles. The highest BCUT2D eigenvalue weighted by Gasteiger charge is 2.33. The van der Waals surface area contributed by atoms with E-state index in [-0.39, 0.29) is 0 Å². The second kappa shape index (κ2) is 2.19. The molecule has 0 spiro atoms. The van der Waals surface area contributed by atoms with Gasteiger partial charge in [-0.05, 0) is 0 Å². The molecule has 0 amide bonds. The van der Waals surface area contributed by atoms with Gasteiger partial charge in [0.1, 0.15) is 0 Å². The lowest BCUT2D eigenvalue weighted by molar-refractivity contribution is -0.0945. The summed E-state index contributed by atoms with van der Waals surface area (Å²) in [4.78, 5) is 3.35. The van der Waals surface area contributed by atoms with Crippen molar-refractivity contribution < 1.29 is 13.2 Å². The smallest absolute Gasteiger partial charge is 0.336 e. The molecule has 1 aliphatic heterocycles. The molecule has 1 rings (SSSR count). The van der Waals surface area contributed by atoms with Crippen LogP contribution in [0.1, 0.15) is 0 Å².